The Balaban J connectivity index is 1.54. The number of rotatable bonds is 7. The van der Waals surface area contributed by atoms with E-state index in [1.54, 1.807) is 18.2 Å². The molecule has 4 N–H and O–H groups in total. The van der Waals surface area contributed by atoms with Gasteiger partial charge in [-0.2, -0.15) is 0 Å². The lowest BCUT2D eigenvalue weighted by Crippen LogP contribution is -2.33. The molecule has 0 aromatic heterocycles. The van der Waals surface area contributed by atoms with Crippen LogP contribution in [0.4, 0.5) is 5.69 Å². The first kappa shape index (κ1) is 18.4. The van der Waals surface area contributed by atoms with Crippen LogP contribution >= 0.6 is 0 Å². The Morgan fingerprint density at radius 1 is 1.04 bits per heavy atom. The topological polar surface area (TPSA) is 111 Å². The Labute approximate surface area is 156 Å². The molecule has 2 aromatic carbocycles. The Kier molecular flexibility index (Phi) is 5.71. The zero-order valence-corrected chi connectivity index (χ0v) is 14.8. The van der Waals surface area contributed by atoms with Crippen molar-refractivity contribution in [3.05, 3.63) is 59.2 Å². The van der Waals surface area contributed by atoms with Gasteiger partial charge in [-0.05, 0) is 60.7 Å². The summed E-state index contributed by atoms with van der Waals surface area (Å²) in [6, 6.07) is 12.3. The standard InChI is InChI=1S/C20H21N3O4/c21-18(24)11-22-20(26)15-5-2-6-16(9-15)23-19(25)12-27-17-8-7-13-3-1-4-14(13)10-17/h2,5-10H,1,3-4,11-12H2,(H2,21,24)(H,22,26)(H,23,25). The zero-order valence-electron chi connectivity index (χ0n) is 14.8. The third kappa shape index (κ3) is 5.07. The lowest BCUT2D eigenvalue weighted by molar-refractivity contribution is -0.118. The number of fused-ring (bicyclic) bond motifs is 1. The van der Waals surface area contributed by atoms with Crippen LogP contribution < -0.4 is 21.1 Å². The van der Waals surface area contributed by atoms with Crippen molar-refractivity contribution in [2.24, 2.45) is 5.73 Å². The van der Waals surface area contributed by atoms with Gasteiger partial charge in [0.25, 0.3) is 11.8 Å². The van der Waals surface area contributed by atoms with E-state index in [-0.39, 0.29) is 19.1 Å². The Morgan fingerprint density at radius 3 is 2.67 bits per heavy atom. The highest BCUT2D eigenvalue weighted by Gasteiger charge is 2.12. The average molecular weight is 367 g/mol. The third-order valence-electron chi connectivity index (χ3n) is 4.27. The molecule has 0 bridgehead atoms. The van der Waals surface area contributed by atoms with Crippen molar-refractivity contribution in [3.63, 3.8) is 0 Å². The fraction of sp³-hybridized carbons (Fsp3) is 0.250. The number of hydrogen-bond acceptors (Lipinski definition) is 4. The summed E-state index contributed by atoms with van der Waals surface area (Å²) in [6.07, 6.45) is 3.30. The van der Waals surface area contributed by atoms with Crippen LogP contribution in [0.1, 0.15) is 27.9 Å². The lowest BCUT2D eigenvalue weighted by Gasteiger charge is -2.10. The van der Waals surface area contributed by atoms with Crippen LogP contribution in [-0.4, -0.2) is 30.9 Å². The van der Waals surface area contributed by atoms with Crippen molar-refractivity contribution in [3.8, 4) is 5.75 Å². The van der Waals surface area contributed by atoms with E-state index < -0.39 is 11.8 Å². The van der Waals surface area contributed by atoms with Gasteiger partial charge in [-0.3, -0.25) is 14.4 Å². The van der Waals surface area contributed by atoms with Gasteiger partial charge < -0.3 is 21.1 Å². The molecule has 7 heteroatoms. The summed E-state index contributed by atoms with van der Waals surface area (Å²) in [5.74, 6) is -0.730. The molecule has 2 aromatic rings. The minimum Gasteiger partial charge on any atom is -0.484 e. The first-order valence-corrected chi connectivity index (χ1v) is 8.72. The maximum Gasteiger partial charge on any atom is 0.262 e. The van der Waals surface area contributed by atoms with Crippen molar-refractivity contribution in [1.82, 2.24) is 5.32 Å². The molecular weight excluding hydrogens is 346 g/mol. The summed E-state index contributed by atoms with van der Waals surface area (Å²) in [5, 5.41) is 5.08. The largest absolute Gasteiger partial charge is 0.484 e. The van der Waals surface area contributed by atoms with Crippen molar-refractivity contribution in [2.75, 3.05) is 18.5 Å². The lowest BCUT2D eigenvalue weighted by atomic mass is 10.1. The predicted octanol–water partition coefficient (Wildman–Crippen LogP) is 1.41. The van der Waals surface area contributed by atoms with Crippen molar-refractivity contribution >= 4 is 23.4 Å². The SMILES string of the molecule is NC(=O)CNC(=O)c1cccc(NC(=O)COc2ccc3c(c2)CCC3)c1. The van der Waals surface area contributed by atoms with E-state index in [0.717, 1.165) is 19.3 Å². The summed E-state index contributed by atoms with van der Waals surface area (Å²) in [6.45, 7) is -0.374. The van der Waals surface area contributed by atoms with Gasteiger partial charge in [0.2, 0.25) is 5.91 Å². The van der Waals surface area contributed by atoms with Gasteiger partial charge in [0.15, 0.2) is 6.61 Å². The van der Waals surface area contributed by atoms with E-state index in [1.165, 1.54) is 17.2 Å². The summed E-state index contributed by atoms with van der Waals surface area (Å²) in [5.41, 5.74) is 8.40. The second-order valence-corrected chi connectivity index (χ2v) is 6.35. The molecule has 3 amide bonds. The van der Waals surface area contributed by atoms with Crippen LogP contribution in [0.25, 0.3) is 0 Å². The highest BCUT2D eigenvalue weighted by Crippen LogP contribution is 2.26. The van der Waals surface area contributed by atoms with Gasteiger partial charge in [0.05, 0.1) is 6.54 Å². The van der Waals surface area contributed by atoms with Gasteiger partial charge in [-0.1, -0.05) is 12.1 Å². The second kappa shape index (κ2) is 8.35. The monoisotopic (exact) mass is 367 g/mol. The van der Waals surface area contributed by atoms with E-state index >= 15 is 0 Å². The molecular formula is C20H21N3O4. The highest BCUT2D eigenvalue weighted by atomic mass is 16.5. The zero-order chi connectivity index (χ0) is 19.2. The summed E-state index contributed by atoms with van der Waals surface area (Å²) in [4.78, 5) is 34.8. The number of aryl methyl sites for hydroxylation is 2. The van der Waals surface area contributed by atoms with Crippen LogP contribution in [0.5, 0.6) is 5.75 Å². The number of nitrogens with one attached hydrogen (secondary N) is 2. The normalized spacial score (nSPS) is 12.1. The summed E-state index contributed by atoms with van der Waals surface area (Å²) in [7, 11) is 0. The van der Waals surface area contributed by atoms with Crippen molar-refractivity contribution < 1.29 is 19.1 Å². The number of carbonyl (C=O) groups excluding carboxylic acids is 3. The van der Waals surface area contributed by atoms with Gasteiger partial charge in [-0.25, -0.2) is 0 Å². The predicted molar refractivity (Wildman–Crippen MR) is 101 cm³/mol. The molecule has 0 atom stereocenters. The smallest absolute Gasteiger partial charge is 0.262 e. The molecule has 3 rings (SSSR count). The number of amides is 3. The quantitative estimate of drug-likeness (QED) is 0.687. The number of ether oxygens (including phenoxy) is 1. The van der Waals surface area contributed by atoms with Gasteiger partial charge >= 0.3 is 0 Å². The minimum atomic E-state index is -0.628. The second-order valence-electron chi connectivity index (χ2n) is 6.35. The number of carbonyl (C=O) groups is 3. The maximum absolute atomic E-state index is 12.1. The number of hydrogen-bond donors (Lipinski definition) is 3. The molecule has 0 aliphatic heterocycles. The molecule has 1 aliphatic rings. The van der Waals surface area contributed by atoms with Crippen molar-refractivity contribution in [1.29, 1.82) is 0 Å². The molecule has 27 heavy (non-hydrogen) atoms. The Hall–Kier alpha value is -3.35. The number of primary amides is 1. The van der Waals surface area contributed by atoms with E-state index in [1.807, 2.05) is 18.2 Å². The molecule has 0 fully saturated rings. The van der Waals surface area contributed by atoms with Crippen LogP contribution in [-0.2, 0) is 22.4 Å². The average Bonchev–Trinajstić information content (AvgIpc) is 3.12. The molecule has 0 heterocycles. The van der Waals surface area contributed by atoms with Crippen molar-refractivity contribution in [2.45, 2.75) is 19.3 Å². The highest BCUT2D eigenvalue weighted by molar-refractivity contribution is 5.98. The van der Waals surface area contributed by atoms with E-state index in [2.05, 4.69) is 10.6 Å². The fourth-order valence-corrected chi connectivity index (χ4v) is 2.99. The number of nitrogens with two attached hydrogens (primary N) is 1. The molecule has 7 nitrogen and oxygen atoms in total. The molecule has 1 aliphatic carbocycles. The minimum absolute atomic E-state index is 0.128. The molecule has 0 saturated heterocycles. The Morgan fingerprint density at radius 2 is 1.85 bits per heavy atom. The van der Waals surface area contributed by atoms with Gasteiger partial charge in [-0.15, -0.1) is 0 Å². The molecule has 140 valence electrons. The first-order chi connectivity index (χ1) is 13.0. The molecule has 0 unspecified atom stereocenters. The van der Waals surface area contributed by atoms with Gasteiger partial charge in [0.1, 0.15) is 5.75 Å². The Bertz CT molecular complexity index is 879. The number of benzene rings is 2. The maximum atomic E-state index is 12.1. The summed E-state index contributed by atoms with van der Waals surface area (Å²) < 4.78 is 5.57. The summed E-state index contributed by atoms with van der Waals surface area (Å²) >= 11 is 0. The van der Waals surface area contributed by atoms with E-state index in [9.17, 15) is 14.4 Å². The number of anilines is 1. The van der Waals surface area contributed by atoms with Crippen LogP contribution in [0.15, 0.2) is 42.5 Å². The van der Waals surface area contributed by atoms with Crippen LogP contribution in [0, 0.1) is 0 Å². The molecule has 0 saturated carbocycles. The van der Waals surface area contributed by atoms with E-state index in [4.69, 9.17) is 10.5 Å². The van der Waals surface area contributed by atoms with Crippen LogP contribution in [0.3, 0.4) is 0 Å². The third-order valence-corrected chi connectivity index (χ3v) is 4.27. The van der Waals surface area contributed by atoms with E-state index in [0.29, 0.717) is 17.0 Å². The van der Waals surface area contributed by atoms with Gasteiger partial charge in [0, 0.05) is 11.3 Å². The first-order valence-electron chi connectivity index (χ1n) is 8.72. The molecule has 0 radical (unpaired) electrons. The fourth-order valence-electron chi connectivity index (χ4n) is 2.99. The van der Waals surface area contributed by atoms with Crippen LogP contribution in [0.2, 0.25) is 0 Å². The molecule has 0 spiro atoms.